The number of thiophene rings is 1. The van der Waals surface area contributed by atoms with E-state index in [-0.39, 0.29) is 0 Å². The summed E-state index contributed by atoms with van der Waals surface area (Å²) in [7, 11) is 0. The molecule has 4 heteroatoms. The van der Waals surface area contributed by atoms with Crippen LogP contribution in [0.3, 0.4) is 0 Å². The molecule has 2 aromatic heterocycles. The van der Waals surface area contributed by atoms with E-state index in [0.29, 0.717) is 0 Å². The van der Waals surface area contributed by atoms with E-state index in [1.54, 1.807) is 0 Å². The van der Waals surface area contributed by atoms with Gasteiger partial charge in [-0.3, -0.25) is 0 Å². The van der Waals surface area contributed by atoms with E-state index in [1.165, 1.54) is 31.3 Å². The molecule has 7 aromatic rings. The van der Waals surface area contributed by atoms with Crippen LogP contribution in [-0.2, 0) is 0 Å². The molecule has 5 aromatic carbocycles. The summed E-state index contributed by atoms with van der Waals surface area (Å²) < 4.78 is 3.62. The van der Waals surface area contributed by atoms with Gasteiger partial charge >= 0.3 is 0 Å². The Balaban J connectivity index is 1.40. The van der Waals surface area contributed by atoms with E-state index in [9.17, 15) is 0 Å². The quantitative estimate of drug-likeness (QED) is 0.211. The van der Waals surface area contributed by atoms with Crippen molar-refractivity contribution in [2.45, 2.75) is 0 Å². The van der Waals surface area contributed by atoms with Gasteiger partial charge in [-0.25, -0.2) is 9.97 Å². The first-order valence-corrected chi connectivity index (χ1v) is 14.1. The van der Waals surface area contributed by atoms with Crippen LogP contribution in [0, 0.1) is 0 Å². The van der Waals surface area contributed by atoms with Crippen LogP contribution in [0.4, 0.5) is 0 Å². The summed E-state index contributed by atoms with van der Waals surface area (Å²) >= 11 is 5.39. The normalized spacial score (nSPS) is 11.3. The maximum Gasteiger partial charge on any atom is 0.160 e. The highest BCUT2D eigenvalue weighted by atomic mass is 79.9. The predicted molar refractivity (Wildman–Crippen MR) is 164 cm³/mol. The number of fused-ring (bicyclic) bond motifs is 3. The summed E-state index contributed by atoms with van der Waals surface area (Å²) in [5.74, 6) is 0.734. The van der Waals surface area contributed by atoms with Gasteiger partial charge < -0.3 is 0 Å². The third-order valence-electron chi connectivity index (χ3n) is 6.78. The van der Waals surface area contributed by atoms with Crippen molar-refractivity contribution < 1.29 is 0 Å². The highest BCUT2D eigenvalue weighted by molar-refractivity contribution is 9.10. The van der Waals surface area contributed by atoms with Crippen LogP contribution in [-0.4, -0.2) is 9.97 Å². The fraction of sp³-hybridized carbons (Fsp3) is 0. The zero-order valence-corrected chi connectivity index (χ0v) is 22.7. The van der Waals surface area contributed by atoms with Crippen molar-refractivity contribution >= 4 is 47.4 Å². The van der Waals surface area contributed by atoms with Gasteiger partial charge in [-0.05, 0) is 35.4 Å². The van der Waals surface area contributed by atoms with E-state index >= 15 is 0 Å². The third-order valence-corrected chi connectivity index (χ3v) is 8.51. The maximum absolute atomic E-state index is 5.02. The van der Waals surface area contributed by atoms with Gasteiger partial charge in [0.15, 0.2) is 5.82 Å². The number of hydrogen-bond donors (Lipinski definition) is 0. The van der Waals surface area contributed by atoms with Crippen molar-refractivity contribution in [3.63, 3.8) is 0 Å². The fourth-order valence-corrected chi connectivity index (χ4v) is 6.43. The molecule has 7 rings (SSSR count). The van der Waals surface area contributed by atoms with Gasteiger partial charge in [0.05, 0.1) is 11.4 Å². The Morgan fingerprint density at radius 2 is 1.13 bits per heavy atom. The summed E-state index contributed by atoms with van der Waals surface area (Å²) in [4.78, 5) is 10.0. The molecule has 0 saturated heterocycles. The van der Waals surface area contributed by atoms with Crippen LogP contribution in [0.2, 0.25) is 0 Å². The minimum absolute atomic E-state index is 0.734. The molecule has 0 aliphatic heterocycles. The van der Waals surface area contributed by atoms with Crippen LogP contribution >= 0.6 is 27.3 Å². The molecule has 0 aliphatic carbocycles. The molecule has 0 fully saturated rings. The summed E-state index contributed by atoms with van der Waals surface area (Å²) in [6.45, 7) is 0. The summed E-state index contributed by atoms with van der Waals surface area (Å²) in [6, 6.07) is 44.4. The van der Waals surface area contributed by atoms with Crippen molar-refractivity contribution in [2.75, 3.05) is 0 Å². The van der Waals surface area contributed by atoms with Gasteiger partial charge in [0, 0.05) is 41.3 Å². The van der Waals surface area contributed by atoms with Gasteiger partial charge in [0.2, 0.25) is 0 Å². The van der Waals surface area contributed by atoms with E-state index in [0.717, 1.165) is 38.4 Å². The van der Waals surface area contributed by atoms with Crippen molar-refractivity contribution in [3.05, 3.63) is 132 Å². The smallest absolute Gasteiger partial charge is 0.160 e. The average molecular weight is 570 g/mol. The van der Waals surface area contributed by atoms with Crippen molar-refractivity contribution in [1.82, 2.24) is 9.97 Å². The Labute approximate surface area is 233 Å². The molecule has 2 heterocycles. The second-order valence-electron chi connectivity index (χ2n) is 9.20. The second-order valence-corrected chi connectivity index (χ2v) is 11.2. The number of benzene rings is 5. The monoisotopic (exact) mass is 568 g/mol. The topological polar surface area (TPSA) is 25.8 Å². The molecule has 0 bridgehead atoms. The van der Waals surface area contributed by atoms with Gasteiger partial charge in [0.1, 0.15) is 0 Å². The molecule has 0 amide bonds. The predicted octanol–water partition coefficient (Wildman–Crippen LogP) is 10.3. The van der Waals surface area contributed by atoms with Crippen LogP contribution in [0.1, 0.15) is 0 Å². The highest BCUT2D eigenvalue weighted by Gasteiger charge is 2.14. The maximum atomic E-state index is 5.02. The first-order valence-electron chi connectivity index (χ1n) is 12.4. The van der Waals surface area contributed by atoms with Crippen LogP contribution in [0.15, 0.2) is 132 Å². The molecule has 0 saturated carbocycles. The summed E-state index contributed by atoms with van der Waals surface area (Å²) in [6.07, 6.45) is 0. The Bertz CT molecular complexity index is 1850. The molecular weight excluding hydrogens is 548 g/mol. The number of aromatic nitrogens is 2. The third kappa shape index (κ3) is 4.22. The molecule has 2 nitrogen and oxygen atoms in total. The lowest BCUT2D eigenvalue weighted by Crippen LogP contribution is -1.95. The largest absolute Gasteiger partial charge is 0.228 e. The Hall–Kier alpha value is -4.12. The lowest BCUT2D eigenvalue weighted by molar-refractivity contribution is 1.18. The van der Waals surface area contributed by atoms with Gasteiger partial charge in [0.25, 0.3) is 0 Å². The number of rotatable bonds is 4. The lowest BCUT2D eigenvalue weighted by atomic mass is 10.0. The number of nitrogens with zero attached hydrogens (tertiary/aromatic N) is 2. The van der Waals surface area contributed by atoms with Gasteiger partial charge in [-0.15, -0.1) is 11.3 Å². The zero-order chi connectivity index (χ0) is 25.5. The summed E-state index contributed by atoms with van der Waals surface area (Å²) in [5, 5.41) is 2.54. The van der Waals surface area contributed by atoms with E-state index in [4.69, 9.17) is 9.97 Å². The van der Waals surface area contributed by atoms with E-state index < -0.39 is 0 Å². The minimum atomic E-state index is 0.734. The molecule has 0 spiro atoms. The summed E-state index contributed by atoms with van der Waals surface area (Å²) in [5.41, 5.74) is 7.49. The van der Waals surface area contributed by atoms with Gasteiger partial charge in [-0.1, -0.05) is 119 Å². The molecular formula is C34H21BrN2S. The minimum Gasteiger partial charge on any atom is -0.228 e. The van der Waals surface area contributed by atoms with E-state index in [2.05, 4.69) is 107 Å². The zero-order valence-electron chi connectivity index (χ0n) is 20.3. The fourth-order valence-electron chi connectivity index (χ4n) is 4.88. The highest BCUT2D eigenvalue weighted by Crippen LogP contribution is 2.41. The Morgan fingerprint density at radius 1 is 0.500 bits per heavy atom. The second kappa shape index (κ2) is 9.64. The molecule has 0 aliphatic rings. The van der Waals surface area contributed by atoms with Crippen LogP contribution < -0.4 is 0 Å². The van der Waals surface area contributed by atoms with E-state index in [1.807, 2.05) is 47.7 Å². The van der Waals surface area contributed by atoms with Crippen molar-refractivity contribution in [2.24, 2.45) is 0 Å². The van der Waals surface area contributed by atoms with Crippen molar-refractivity contribution in [1.29, 1.82) is 0 Å². The first kappa shape index (κ1) is 23.0. The SMILES string of the molecule is Brc1ccc(-c2cccc3c2sc2cc(-c4nc(-c5ccccc5)cc(-c5ccccc5)n4)ccc23)cc1. The lowest BCUT2D eigenvalue weighted by Gasteiger charge is -2.09. The number of hydrogen-bond acceptors (Lipinski definition) is 3. The van der Waals surface area contributed by atoms with Crippen molar-refractivity contribution in [3.8, 4) is 45.0 Å². The van der Waals surface area contributed by atoms with Crippen LogP contribution in [0.25, 0.3) is 65.2 Å². The number of halogens is 1. The molecule has 0 unspecified atom stereocenters. The average Bonchev–Trinajstić information content (AvgIpc) is 3.36. The Kier molecular flexibility index (Phi) is 5.84. The standard InChI is InChI=1S/C34H21BrN2S/c35-26-17-14-22(15-18-26)27-12-7-13-29-28-19-16-25(20-32(28)38-33(27)29)34-36-30(23-8-3-1-4-9-23)21-31(37-34)24-10-5-2-6-11-24/h1-21H. The first-order chi connectivity index (χ1) is 18.7. The molecule has 0 atom stereocenters. The van der Waals surface area contributed by atoms with Gasteiger partial charge in [-0.2, -0.15) is 0 Å². The molecule has 38 heavy (non-hydrogen) atoms. The Morgan fingerprint density at radius 3 is 1.79 bits per heavy atom. The molecule has 0 radical (unpaired) electrons. The molecule has 180 valence electrons. The molecule has 0 N–H and O–H groups in total. The van der Waals surface area contributed by atoms with Crippen LogP contribution in [0.5, 0.6) is 0 Å².